The molecular weight excluding hydrogens is 755 g/mol. The third-order valence-electron chi connectivity index (χ3n) is 14.9. The first-order chi connectivity index (χ1) is 30.2. The minimum Gasteiger partial charge on any atom is -0.456 e. The molecule has 13 rings (SSSR count). The Kier molecular flexibility index (Phi) is 7.34. The van der Waals surface area contributed by atoms with Crippen LogP contribution >= 0.6 is 0 Å². The van der Waals surface area contributed by atoms with Crippen LogP contribution in [0, 0.1) is 17.3 Å². The van der Waals surface area contributed by atoms with Gasteiger partial charge in [0.2, 0.25) is 5.95 Å². The number of rotatable bonds is 4. The van der Waals surface area contributed by atoms with Crippen LogP contribution in [0.3, 0.4) is 0 Å². The van der Waals surface area contributed by atoms with E-state index in [0.717, 1.165) is 79.5 Å². The summed E-state index contributed by atoms with van der Waals surface area (Å²) in [4.78, 5) is 11.1. The molecule has 2 atom stereocenters. The van der Waals surface area contributed by atoms with E-state index >= 15 is 0 Å². The molecule has 6 aromatic carbocycles. The van der Waals surface area contributed by atoms with Crippen LogP contribution in [-0.2, 0) is 5.41 Å². The summed E-state index contributed by atoms with van der Waals surface area (Å²) in [7, 11) is 0. The van der Waals surface area contributed by atoms with Crippen LogP contribution in [0.1, 0.15) is 57.4 Å². The van der Waals surface area contributed by atoms with Gasteiger partial charge < -0.3 is 4.42 Å². The van der Waals surface area contributed by atoms with Gasteiger partial charge in [-0.15, -0.1) is 0 Å². The summed E-state index contributed by atoms with van der Waals surface area (Å²) >= 11 is 0. The van der Waals surface area contributed by atoms with E-state index in [1.807, 2.05) is 12.1 Å². The maximum atomic E-state index is 6.19. The van der Waals surface area contributed by atoms with Crippen molar-refractivity contribution >= 4 is 49.3 Å². The monoisotopic (exact) mass is 799 g/mol. The highest BCUT2D eigenvalue weighted by atomic mass is 16.3. The first-order valence-electron chi connectivity index (χ1n) is 22.1. The molecule has 4 heteroatoms. The van der Waals surface area contributed by atoms with Gasteiger partial charge in [-0.2, -0.15) is 0 Å². The molecule has 3 heterocycles. The molecule has 0 spiro atoms. The van der Waals surface area contributed by atoms with E-state index < -0.39 is 0 Å². The molecular formula is C58H45N3O. The van der Waals surface area contributed by atoms with Crippen LogP contribution in [0.25, 0.3) is 88.8 Å². The molecule has 0 N–H and O–H groups in total. The number of hydrogen-bond acceptors (Lipinski definition) is 3. The first kappa shape index (κ1) is 35.7. The average molecular weight is 800 g/mol. The minimum atomic E-state index is -0.126. The molecule has 62 heavy (non-hydrogen) atoms. The van der Waals surface area contributed by atoms with E-state index in [1.165, 1.54) is 38.6 Å². The largest absolute Gasteiger partial charge is 0.456 e. The lowest BCUT2D eigenvalue weighted by molar-refractivity contribution is 0.311. The maximum absolute atomic E-state index is 6.19. The van der Waals surface area contributed by atoms with E-state index in [2.05, 4.69) is 184 Å². The van der Waals surface area contributed by atoms with Crippen molar-refractivity contribution in [2.24, 2.45) is 17.3 Å². The molecule has 0 bridgehead atoms. The van der Waals surface area contributed by atoms with Crippen LogP contribution in [-0.4, -0.2) is 14.5 Å². The van der Waals surface area contributed by atoms with Crippen molar-refractivity contribution in [3.63, 3.8) is 0 Å². The second-order valence-corrected chi connectivity index (χ2v) is 18.9. The predicted octanol–water partition coefficient (Wildman–Crippen LogP) is 15.0. The zero-order valence-corrected chi connectivity index (χ0v) is 35.4. The molecule has 298 valence electrons. The zero-order valence-electron chi connectivity index (χ0n) is 35.4. The van der Waals surface area contributed by atoms with E-state index in [0.29, 0.717) is 17.8 Å². The fourth-order valence-corrected chi connectivity index (χ4v) is 11.7. The number of hydrogen-bond donors (Lipinski definition) is 0. The van der Waals surface area contributed by atoms with Gasteiger partial charge in [0.25, 0.3) is 0 Å². The van der Waals surface area contributed by atoms with E-state index in [4.69, 9.17) is 14.4 Å². The molecule has 0 aliphatic heterocycles. The summed E-state index contributed by atoms with van der Waals surface area (Å²) < 4.78 is 8.47. The fraction of sp³-hybridized carbons (Fsp3) is 0.172. The van der Waals surface area contributed by atoms with Gasteiger partial charge in [-0.05, 0) is 117 Å². The normalized spacial score (nSPS) is 19.3. The van der Waals surface area contributed by atoms with Crippen molar-refractivity contribution in [3.05, 3.63) is 192 Å². The van der Waals surface area contributed by atoms with Gasteiger partial charge in [0.05, 0.1) is 22.4 Å². The van der Waals surface area contributed by atoms with Crippen LogP contribution in [0.2, 0.25) is 0 Å². The Balaban J connectivity index is 0.998. The zero-order chi connectivity index (χ0) is 41.5. The molecule has 4 nitrogen and oxygen atoms in total. The average Bonchev–Trinajstić information content (AvgIpc) is 3.99. The number of para-hydroxylation sites is 2. The van der Waals surface area contributed by atoms with Crippen molar-refractivity contribution in [2.45, 2.75) is 46.0 Å². The Morgan fingerprint density at radius 3 is 2.21 bits per heavy atom. The molecule has 4 aliphatic rings. The van der Waals surface area contributed by atoms with Crippen LogP contribution < -0.4 is 0 Å². The molecule has 3 aromatic heterocycles. The third-order valence-corrected chi connectivity index (χ3v) is 14.9. The van der Waals surface area contributed by atoms with Crippen molar-refractivity contribution < 1.29 is 4.42 Å². The van der Waals surface area contributed by atoms with Crippen molar-refractivity contribution in [1.29, 1.82) is 0 Å². The van der Waals surface area contributed by atoms with E-state index in [1.54, 1.807) is 5.57 Å². The highest BCUT2D eigenvalue weighted by Crippen LogP contribution is 2.57. The summed E-state index contributed by atoms with van der Waals surface area (Å²) in [5.74, 6) is 1.43. The van der Waals surface area contributed by atoms with Gasteiger partial charge in [0, 0.05) is 38.4 Å². The predicted molar refractivity (Wildman–Crippen MR) is 255 cm³/mol. The van der Waals surface area contributed by atoms with Crippen molar-refractivity contribution in [3.8, 4) is 39.5 Å². The lowest BCUT2D eigenvalue weighted by atomic mass is 9.71. The number of furan rings is 1. The smallest absolute Gasteiger partial charge is 0.235 e. The Hall–Kier alpha value is -7.04. The van der Waals surface area contributed by atoms with Gasteiger partial charge in [0.1, 0.15) is 11.2 Å². The summed E-state index contributed by atoms with van der Waals surface area (Å²) in [6.45, 7) is 9.59. The Morgan fingerprint density at radius 1 is 0.597 bits per heavy atom. The summed E-state index contributed by atoms with van der Waals surface area (Å²) in [6, 6.07) is 48.4. The molecule has 0 amide bonds. The number of aromatic nitrogens is 3. The lowest BCUT2D eigenvalue weighted by Crippen LogP contribution is -2.25. The van der Waals surface area contributed by atoms with Crippen molar-refractivity contribution in [2.75, 3.05) is 0 Å². The van der Waals surface area contributed by atoms with Crippen LogP contribution in [0.15, 0.2) is 179 Å². The quantitative estimate of drug-likeness (QED) is 0.178. The SMILES string of the molecule is CC1(C)c2ccccc2-c2ccc(-c3cc(C4=CC5C(C=C4)C4=C(CCC=C4)C5(C)C)nc(-n4c5ccccc5c5cc(-c6ccc7oc8ccccc8c7c6)ccc54)n3)cc21. The number of nitrogens with zero attached hydrogens (tertiary/aromatic N) is 3. The highest BCUT2D eigenvalue weighted by molar-refractivity contribution is 6.11. The van der Waals surface area contributed by atoms with E-state index in [9.17, 15) is 0 Å². The molecule has 9 aromatic rings. The first-order valence-corrected chi connectivity index (χ1v) is 22.1. The Bertz CT molecular complexity index is 3540. The van der Waals surface area contributed by atoms with Crippen molar-refractivity contribution in [1.82, 2.24) is 14.5 Å². The summed E-state index contributed by atoms with van der Waals surface area (Å²) in [6.07, 6.45) is 14.3. The van der Waals surface area contributed by atoms with Gasteiger partial charge in [-0.25, -0.2) is 9.97 Å². The maximum Gasteiger partial charge on any atom is 0.235 e. The molecule has 0 radical (unpaired) electrons. The van der Waals surface area contributed by atoms with Crippen LogP contribution in [0.5, 0.6) is 0 Å². The number of benzene rings is 6. The Morgan fingerprint density at radius 2 is 1.31 bits per heavy atom. The molecule has 0 saturated carbocycles. The van der Waals surface area contributed by atoms with Gasteiger partial charge in [-0.3, -0.25) is 4.57 Å². The topological polar surface area (TPSA) is 43.9 Å². The molecule has 2 unspecified atom stereocenters. The lowest BCUT2D eigenvalue weighted by Gasteiger charge is -2.33. The van der Waals surface area contributed by atoms with Gasteiger partial charge >= 0.3 is 0 Å². The molecule has 0 fully saturated rings. The number of fused-ring (bicyclic) bond motifs is 11. The molecule has 0 saturated heterocycles. The number of allylic oxidation sites excluding steroid dienone is 8. The second-order valence-electron chi connectivity index (χ2n) is 18.9. The third kappa shape index (κ3) is 5.01. The second kappa shape index (κ2) is 12.7. The van der Waals surface area contributed by atoms with Gasteiger partial charge in [-0.1, -0.05) is 149 Å². The Labute approximate surface area is 361 Å². The minimum absolute atomic E-state index is 0.0693. The summed E-state index contributed by atoms with van der Waals surface area (Å²) in [5, 5.41) is 4.60. The van der Waals surface area contributed by atoms with Crippen LogP contribution in [0.4, 0.5) is 0 Å². The standard InChI is InChI=1S/C58H45N3O/c1-57(2)46-17-9-5-13-38(46)40-25-21-36(31-48(40)57)50-33-51(37-22-26-41-39-14-6-10-18-47(39)58(3,4)49(41)32-37)60-56(59-50)61-52-19-11-7-15-42(52)44-29-34(23-27-53(44)61)35-24-28-55-45(30-35)43-16-8-12-20-54(43)62-55/h5-9,11-17,19-33,41,49H,10,18H2,1-4H3. The van der Waals surface area contributed by atoms with Gasteiger partial charge in [0.15, 0.2) is 0 Å². The highest BCUT2D eigenvalue weighted by Gasteiger charge is 2.46. The summed E-state index contributed by atoms with van der Waals surface area (Å²) in [5.41, 5.74) is 18.8. The fourth-order valence-electron chi connectivity index (χ4n) is 11.7. The molecule has 4 aliphatic carbocycles. The van der Waals surface area contributed by atoms with E-state index in [-0.39, 0.29) is 10.8 Å².